The Balaban J connectivity index is 3.60. The largest absolute Gasteiger partial charge is 0.462 e. The fourth-order valence-corrected chi connectivity index (χ4v) is 5.67. The summed E-state index contributed by atoms with van der Waals surface area (Å²) in [5.74, 6) is -0.614. The minimum Gasteiger partial charge on any atom is -0.462 e. The van der Waals surface area contributed by atoms with Crippen LogP contribution >= 0.6 is 0 Å². The van der Waals surface area contributed by atoms with Crippen molar-refractivity contribution in [3.63, 3.8) is 0 Å². The molecule has 0 unspecified atom stereocenters. The molecule has 0 heterocycles. The molecule has 0 aromatic carbocycles. The fraction of sp³-hybridized carbons (Fsp3) is 0.773. The smallest absolute Gasteiger partial charge is 0.306 e. The predicted octanol–water partition coefficient (Wildman–Crippen LogP) is 13.0. The Bertz CT molecular complexity index is 827. The summed E-state index contributed by atoms with van der Waals surface area (Å²) in [6.07, 6.45) is 50.2. The molecule has 0 saturated carbocycles. The van der Waals surface area contributed by atoms with Crippen LogP contribution in [0.25, 0.3) is 0 Å². The summed E-state index contributed by atoms with van der Waals surface area (Å²) < 4.78 is 10.6. The lowest BCUT2D eigenvalue weighted by Gasteiger charge is -2.15. The van der Waals surface area contributed by atoms with Crippen LogP contribution in [0.15, 0.2) is 48.6 Å². The van der Waals surface area contributed by atoms with Crippen LogP contribution in [0.5, 0.6) is 0 Å². The van der Waals surface area contributed by atoms with Crippen LogP contribution in [-0.2, 0) is 19.1 Å². The van der Waals surface area contributed by atoms with Crippen LogP contribution in [-0.4, -0.2) is 36.4 Å². The van der Waals surface area contributed by atoms with Gasteiger partial charge < -0.3 is 14.6 Å². The van der Waals surface area contributed by atoms with Gasteiger partial charge in [-0.2, -0.15) is 0 Å². The maximum atomic E-state index is 12.2. The zero-order valence-corrected chi connectivity index (χ0v) is 32.2. The molecular weight excluding hydrogens is 608 g/mol. The average molecular weight is 687 g/mol. The normalized spacial score (nSPS) is 12.6. The second kappa shape index (κ2) is 40.3. The zero-order chi connectivity index (χ0) is 35.7. The van der Waals surface area contributed by atoms with Crippen molar-refractivity contribution >= 4 is 11.9 Å². The first kappa shape index (κ1) is 46.9. The molecule has 0 fully saturated rings. The van der Waals surface area contributed by atoms with E-state index in [-0.39, 0.29) is 25.2 Å². The first-order valence-corrected chi connectivity index (χ1v) is 20.7. The molecule has 0 aliphatic carbocycles. The molecule has 5 heteroatoms. The summed E-state index contributed by atoms with van der Waals surface area (Å²) in [6, 6.07) is 0. The standard InChI is InChI=1S/C44H78O5/c1-3-5-7-9-11-13-15-17-19-21-22-23-25-27-29-31-33-35-37-39-44(47)49-42(40-45)41-48-43(46)38-36-34-32-30-28-26-24-20-18-16-14-12-10-8-6-4-2/h11,13,17,19-20,22-24,42,45H,3-10,12,14-16,18,21,25-41H2,1-2H3/b13-11-,19-17-,23-22-,24-20-/t42-/m0/s1. The molecule has 5 nitrogen and oxygen atoms in total. The van der Waals surface area contributed by atoms with Gasteiger partial charge in [-0.1, -0.05) is 159 Å². The van der Waals surface area contributed by atoms with Crippen molar-refractivity contribution in [1.29, 1.82) is 0 Å². The Morgan fingerprint density at radius 3 is 1.29 bits per heavy atom. The topological polar surface area (TPSA) is 72.8 Å². The van der Waals surface area contributed by atoms with E-state index >= 15 is 0 Å². The van der Waals surface area contributed by atoms with Gasteiger partial charge in [0.1, 0.15) is 6.61 Å². The summed E-state index contributed by atoms with van der Waals surface area (Å²) in [4.78, 5) is 24.3. The highest BCUT2D eigenvalue weighted by molar-refractivity contribution is 5.70. The first-order chi connectivity index (χ1) is 24.1. The molecule has 0 aliphatic heterocycles. The van der Waals surface area contributed by atoms with E-state index in [0.29, 0.717) is 12.8 Å². The van der Waals surface area contributed by atoms with E-state index in [9.17, 15) is 14.7 Å². The summed E-state index contributed by atoms with van der Waals surface area (Å²) in [5.41, 5.74) is 0. The SMILES string of the molecule is CCCCC/C=C\C/C=C\C/C=C\CCCCCCCCC(=O)O[C@@H](CO)COC(=O)CCCCCCC/C=C\CCCCCCCCC. The number of aliphatic hydroxyl groups excluding tert-OH is 1. The van der Waals surface area contributed by atoms with E-state index in [4.69, 9.17) is 9.47 Å². The maximum absolute atomic E-state index is 12.2. The van der Waals surface area contributed by atoms with Crippen molar-refractivity contribution < 1.29 is 24.2 Å². The molecule has 0 spiro atoms. The van der Waals surface area contributed by atoms with Gasteiger partial charge in [0.25, 0.3) is 0 Å². The Morgan fingerprint density at radius 1 is 0.469 bits per heavy atom. The molecule has 0 aromatic rings. The molecule has 1 atom stereocenters. The van der Waals surface area contributed by atoms with E-state index < -0.39 is 6.10 Å². The van der Waals surface area contributed by atoms with Gasteiger partial charge in [0.05, 0.1) is 6.61 Å². The van der Waals surface area contributed by atoms with Gasteiger partial charge in [-0.3, -0.25) is 9.59 Å². The van der Waals surface area contributed by atoms with Crippen LogP contribution < -0.4 is 0 Å². The Morgan fingerprint density at radius 2 is 0.816 bits per heavy atom. The van der Waals surface area contributed by atoms with E-state index in [2.05, 4.69) is 62.5 Å². The van der Waals surface area contributed by atoms with Gasteiger partial charge in [0.15, 0.2) is 6.10 Å². The highest BCUT2D eigenvalue weighted by Crippen LogP contribution is 2.13. The highest BCUT2D eigenvalue weighted by atomic mass is 16.6. The van der Waals surface area contributed by atoms with Gasteiger partial charge in [0.2, 0.25) is 0 Å². The predicted molar refractivity (Wildman–Crippen MR) is 210 cm³/mol. The van der Waals surface area contributed by atoms with Crippen LogP contribution in [0, 0.1) is 0 Å². The molecule has 0 radical (unpaired) electrons. The molecule has 0 rings (SSSR count). The molecule has 0 amide bonds. The quantitative estimate of drug-likeness (QED) is 0.0400. The number of unbranched alkanes of at least 4 members (excludes halogenated alkanes) is 21. The summed E-state index contributed by atoms with van der Waals surface area (Å²) in [6.45, 7) is 4.09. The molecule has 49 heavy (non-hydrogen) atoms. The number of carbonyl (C=O) groups is 2. The third-order valence-electron chi connectivity index (χ3n) is 8.85. The zero-order valence-electron chi connectivity index (χ0n) is 32.2. The van der Waals surface area contributed by atoms with Crippen molar-refractivity contribution in [3.05, 3.63) is 48.6 Å². The monoisotopic (exact) mass is 687 g/mol. The molecular formula is C44H78O5. The number of ether oxygens (including phenoxy) is 2. The lowest BCUT2D eigenvalue weighted by molar-refractivity contribution is -0.161. The number of rotatable bonds is 37. The summed E-state index contributed by atoms with van der Waals surface area (Å²) >= 11 is 0. The van der Waals surface area contributed by atoms with E-state index in [0.717, 1.165) is 64.2 Å². The van der Waals surface area contributed by atoms with Gasteiger partial charge >= 0.3 is 11.9 Å². The van der Waals surface area contributed by atoms with Gasteiger partial charge in [-0.05, 0) is 77.0 Å². The van der Waals surface area contributed by atoms with E-state index in [1.807, 2.05) is 0 Å². The molecule has 0 aliphatic rings. The van der Waals surface area contributed by atoms with Crippen molar-refractivity contribution in [2.75, 3.05) is 13.2 Å². The van der Waals surface area contributed by atoms with Gasteiger partial charge in [-0.15, -0.1) is 0 Å². The lowest BCUT2D eigenvalue weighted by Crippen LogP contribution is -2.28. The number of hydrogen-bond acceptors (Lipinski definition) is 5. The minimum atomic E-state index is -0.781. The van der Waals surface area contributed by atoms with Crippen LogP contribution in [0.4, 0.5) is 0 Å². The van der Waals surface area contributed by atoms with Gasteiger partial charge in [-0.25, -0.2) is 0 Å². The lowest BCUT2D eigenvalue weighted by atomic mass is 10.1. The third kappa shape index (κ3) is 38.5. The molecule has 1 N–H and O–H groups in total. The van der Waals surface area contributed by atoms with Crippen LogP contribution in [0.3, 0.4) is 0 Å². The Labute approximate surface area is 303 Å². The van der Waals surface area contributed by atoms with Crippen LogP contribution in [0.1, 0.15) is 200 Å². The fourth-order valence-electron chi connectivity index (χ4n) is 5.67. The van der Waals surface area contributed by atoms with Gasteiger partial charge in [0, 0.05) is 12.8 Å². The molecule has 0 aromatic heterocycles. The minimum absolute atomic E-state index is 0.0759. The summed E-state index contributed by atoms with van der Waals surface area (Å²) in [7, 11) is 0. The van der Waals surface area contributed by atoms with Crippen molar-refractivity contribution in [1.82, 2.24) is 0 Å². The second-order valence-electron chi connectivity index (χ2n) is 13.7. The Hall–Kier alpha value is -2.14. The van der Waals surface area contributed by atoms with Crippen molar-refractivity contribution in [2.45, 2.75) is 206 Å². The molecule has 0 saturated heterocycles. The van der Waals surface area contributed by atoms with Crippen molar-refractivity contribution in [3.8, 4) is 0 Å². The maximum Gasteiger partial charge on any atom is 0.306 e. The second-order valence-corrected chi connectivity index (χ2v) is 13.7. The molecule has 0 bridgehead atoms. The number of hydrogen-bond donors (Lipinski definition) is 1. The number of carbonyl (C=O) groups excluding carboxylic acids is 2. The number of esters is 2. The number of allylic oxidation sites excluding steroid dienone is 8. The molecule has 284 valence electrons. The summed E-state index contributed by atoms with van der Waals surface area (Å²) in [5, 5.41) is 9.56. The van der Waals surface area contributed by atoms with Crippen molar-refractivity contribution in [2.24, 2.45) is 0 Å². The third-order valence-corrected chi connectivity index (χ3v) is 8.85. The van der Waals surface area contributed by atoms with Crippen LogP contribution in [0.2, 0.25) is 0 Å². The average Bonchev–Trinajstić information content (AvgIpc) is 3.10. The van der Waals surface area contributed by atoms with E-state index in [1.165, 1.54) is 109 Å². The highest BCUT2D eigenvalue weighted by Gasteiger charge is 2.16. The Kier molecular flexibility index (Phi) is 38.5. The van der Waals surface area contributed by atoms with E-state index in [1.54, 1.807) is 0 Å². The number of aliphatic hydroxyl groups is 1. The first-order valence-electron chi connectivity index (χ1n) is 20.7.